The third-order valence-corrected chi connectivity index (χ3v) is 3.93. The number of rotatable bonds is 8. The van der Waals surface area contributed by atoms with Crippen molar-refractivity contribution in [2.75, 3.05) is 13.7 Å². The molecule has 0 atom stereocenters. The van der Waals surface area contributed by atoms with Crippen LogP contribution in [0.15, 0.2) is 23.1 Å². The molecule has 0 unspecified atom stereocenters. The van der Waals surface area contributed by atoms with Gasteiger partial charge in [-0.05, 0) is 24.1 Å². The molecule has 3 N–H and O–H groups in total. The third-order valence-electron chi connectivity index (χ3n) is 3.00. The Morgan fingerprint density at radius 3 is 2.62 bits per heavy atom. The molecule has 0 aliphatic rings. The predicted molar refractivity (Wildman–Crippen MR) is 80.6 cm³/mol. The second kappa shape index (κ2) is 7.99. The summed E-state index contributed by atoms with van der Waals surface area (Å²) in [6.07, 6.45) is 3.20. The molecule has 1 amide bonds. The summed E-state index contributed by atoms with van der Waals surface area (Å²) < 4.78 is 27.9. The Bertz CT molecular complexity index is 585. The summed E-state index contributed by atoms with van der Waals surface area (Å²) in [6, 6.07) is 4.53. The van der Waals surface area contributed by atoms with E-state index in [2.05, 4.69) is 12.2 Å². The highest BCUT2D eigenvalue weighted by atomic mass is 32.2. The van der Waals surface area contributed by atoms with E-state index in [1.165, 1.54) is 19.2 Å². The van der Waals surface area contributed by atoms with Crippen molar-refractivity contribution in [1.82, 2.24) is 5.32 Å². The summed E-state index contributed by atoms with van der Waals surface area (Å²) in [4.78, 5) is 11.7. The van der Waals surface area contributed by atoms with E-state index in [4.69, 9.17) is 9.88 Å². The van der Waals surface area contributed by atoms with Crippen LogP contribution in [0.2, 0.25) is 0 Å². The summed E-state index contributed by atoms with van der Waals surface area (Å²) in [5.74, 6) is 0.0289. The number of hydrogen-bond acceptors (Lipinski definition) is 4. The minimum atomic E-state index is -3.88. The Morgan fingerprint density at radius 2 is 2.05 bits per heavy atom. The maximum atomic E-state index is 11.8. The number of benzene rings is 1. The summed E-state index contributed by atoms with van der Waals surface area (Å²) in [5, 5.41) is 7.94. The first kappa shape index (κ1) is 17.5. The Labute approximate surface area is 125 Å². The molecule has 0 radical (unpaired) electrons. The lowest BCUT2D eigenvalue weighted by Gasteiger charge is -2.09. The largest absolute Gasteiger partial charge is 0.495 e. The molecule has 0 aliphatic heterocycles. The van der Waals surface area contributed by atoms with Crippen molar-refractivity contribution in [3.8, 4) is 5.75 Å². The number of carbonyl (C=O) groups excluding carboxylic acids is 1. The van der Waals surface area contributed by atoms with E-state index >= 15 is 0 Å². The Morgan fingerprint density at radius 1 is 1.33 bits per heavy atom. The number of nitrogens with one attached hydrogen (secondary N) is 1. The lowest BCUT2D eigenvalue weighted by Crippen LogP contribution is -2.26. The van der Waals surface area contributed by atoms with Crippen molar-refractivity contribution in [2.24, 2.45) is 5.14 Å². The van der Waals surface area contributed by atoms with Crippen molar-refractivity contribution < 1.29 is 17.9 Å². The van der Waals surface area contributed by atoms with E-state index in [-0.39, 0.29) is 23.0 Å². The SMILES string of the molecule is CCCCCNC(=O)Cc1ccc(OC)c(S(N)(=O)=O)c1. The number of primary sulfonamides is 1. The van der Waals surface area contributed by atoms with Gasteiger partial charge in [-0.1, -0.05) is 25.8 Å². The number of unbranched alkanes of at least 4 members (excludes halogenated alkanes) is 2. The monoisotopic (exact) mass is 314 g/mol. The van der Waals surface area contributed by atoms with E-state index in [0.29, 0.717) is 12.1 Å². The van der Waals surface area contributed by atoms with Crippen LogP contribution in [0, 0.1) is 0 Å². The summed E-state index contributed by atoms with van der Waals surface area (Å²) in [6.45, 7) is 2.72. The van der Waals surface area contributed by atoms with E-state index in [1.54, 1.807) is 6.07 Å². The van der Waals surface area contributed by atoms with Crippen LogP contribution in [0.4, 0.5) is 0 Å². The highest BCUT2D eigenvalue weighted by Gasteiger charge is 2.16. The number of amides is 1. The van der Waals surface area contributed by atoms with Gasteiger partial charge < -0.3 is 10.1 Å². The molecule has 0 aliphatic carbocycles. The molecular weight excluding hydrogens is 292 g/mol. The molecule has 0 fully saturated rings. The lowest BCUT2D eigenvalue weighted by molar-refractivity contribution is -0.120. The highest BCUT2D eigenvalue weighted by molar-refractivity contribution is 7.89. The van der Waals surface area contributed by atoms with E-state index in [1.807, 2.05) is 0 Å². The smallest absolute Gasteiger partial charge is 0.241 e. The maximum Gasteiger partial charge on any atom is 0.241 e. The summed E-state index contributed by atoms with van der Waals surface area (Å²) >= 11 is 0. The third kappa shape index (κ3) is 5.73. The molecule has 7 heteroatoms. The van der Waals surface area contributed by atoms with E-state index in [9.17, 15) is 13.2 Å². The molecule has 0 bridgehead atoms. The molecule has 6 nitrogen and oxygen atoms in total. The topological polar surface area (TPSA) is 98.5 Å². The zero-order valence-corrected chi connectivity index (χ0v) is 13.2. The van der Waals surface area contributed by atoms with Crippen molar-refractivity contribution >= 4 is 15.9 Å². The minimum absolute atomic E-state index is 0.110. The highest BCUT2D eigenvalue weighted by Crippen LogP contribution is 2.23. The fourth-order valence-electron chi connectivity index (χ4n) is 1.90. The zero-order chi connectivity index (χ0) is 15.9. The Hall–Kier alpha value is -1.60. The molecule has 0 spiro atoms. The van der Waals surface area contributed by atoms with Gasteiger partial charge in [0.25, 0.3) is 0 Å². The number of ether oxygens (including phenoxy) is 1. The summed E-state index contributed by atoms with van der Waals surface area (Å²) in [7, 11) is -2.52. The second-order valence-corrected chi connectivity index (χ2v) is 6.29. The maximum absolute atomic E-state index is 11.8. The van der Waals surface area contributed by atoms with Crippen LogP contribution < -0.4 is 15.2 Å². The molecule has 118 valence electrons. The van der Waals surface area contributed by atoms with Gasteiger partial charge in [-0.15, -0.1) is 0 Å². The van der Waals surface area contributed by atoms with Gasteiger partial charge in [0.1, 0.15) is 10.6 Å². The van der Waals surface area contributed by atoms with Gasteiger partial charge in [-0.2, -0.15) is 0 Å². The standard InChI is InChI=1S/C14H22N2O4S/c1-3-4-5-8-16-14(17)10-11-6-7-12(20-2)13(9-11)21(15,18)19/h6-7,9H,3-5,8,10H2,1-2H3,(H,16,17)(H2,15,18,19). The molecule has 0 saturated heterocycles. The number of sulfonamides is 1. The van der Waals surface area contributed by atoms with Crippen molar-refractivity contribution in [2.45, 2.75) is 37.5 Å². The van der Waals surface area contributed by atoms with E-state index < -0.39 is 10.0 Å². The Balaban J connectivity index is 2.74. The van der Waals surface area contributed by atoms with Crippen LogP contribution >= 0.6 is 0 Å². The fraction of sp³-hybridized carbons (Fsp3) is 0.500. The van der Waals surface area contributed by atoms with Crippen molar-refractivity contribution in [3.63, 3.8) is 0 Å². The number of carbonyl (C=O) groups is 1. The van der Waals surface area contributed by atoms with Crippen LogP contribution in [0.25, 0.3) is 0 Å². The quantitative estimate of drug-likeness (QED) is 0.704. The van der Waals surface area contributed by atoms with Crippen LogP contribution in [-0.4, -0.2) is 28.0 Å². The van der Waals surface area contributed by atoms with Gasteiger partial charge in [0.2, 0.25) is 15.9 Å². The van der Waals surface area contributed by atoms with Gasteiger partial charge in [-0.25, -0.2) is 13.6 Å². The molecule has 1 rings (SSSR count). The first-order valence-corrected chi connectivity index (χ1v) is 8.39. The molecule has 0 heterocycles. The van der Waals surface area contributed by atoms with E-state index in [0.717, 1.165) is 19.3 Å². The van der Waals surface area contributed by atoms with Crippen LogP contribution in [-0.2, 0) is 21.2 Å². The predicted octanol–water partition coefficient (Wildman–Crippen LogP) is 1.19. The van der Waals surface area contributed by atoms with Gasteiger partial charge in [0, 0.05) is 6.54 Å². The van der Waals surface area contributed by atoms with Crippen LogP contribution in [0.1, 0.15) is 31.7 Å². The van der Waals surface area contributed by atoms with Gasteiger partial charge in [0.05, 0.1) is 13.5 Å². The Kier molecular flexibility index (Phi) is 6.64. The second-order valence-electron chi connectivity index (χ2n) is 4.76. The molecule has 1 aromatic rings. The number of nitrogens with two attached hydrogens (primary N) is 1. The molecule has 1 aromatic carbocycles. The van der Waals surface area contributed by atoms with Gasteiger partial charge >= 0.3 is 0 Å². The lowest BCUT2D eigenvalue weighted by atomic mass is 10.1. The average molecular weight is 314 g/mol. The first-order valence-electron chi connectivity index (χ1n) is 6.85. The fourth-order valence-corrected chi connectivity index (χ4v) is 2.65. The normalized spacial score (nSPS) is 11.2. The summed E-state index contributed by atoms with van der Waals surface area (Å²) in [5.41, 5.74) is 0.577. The number of hydrogen-bond donors (Lipinski definition) is 2. The minimum Gasteiger partial charge on any atom is -0.495 e. The van der Waals surface area contributed by atoms with Crippen molar-refractivity contribution in [3.05, 3.63) is 23.8 Å². The van der Waals surface area contributed by atoms with Gasteiger partial charge in [0.15, 0.2) is 0 Å². The zero-order valence-electron chi connectivity index (χ0n) is 12.4. The average Bonchev–Trinajstić information content (AvgIpc) is 2.42. The molecule has 0 saturated carbocycles. The molecule has 21 heavy (non-hydrogen) atoms. The molecular formula is C14H22N2O4S. The van der Waals surface area contributed by atoms with Gasteiger partial charge in [-0.3, -0.25) is 4.79 Å². The molecule has 0 aromatic heterocycles. The number of methoxy groups -OCH3 is 1. The van der Waals surface area contributed by atoms with Crippen molar-refractivity contribution in [1.29, 1.82) is 0 Å². The van der Waals surface area contributed by atoms with Crippen LogP contribution in [0.5, 0.6) is 5.75 Å². The van der Waals surface area contributed by atoms with Crippen LogP contribution in [0.3, 0.4) is 0 Å². The first-order chi connectivity index (χ1) is 9.88.